The Morgan fingerprint density at radius 2 is 1.83 bits per heavy atom. The lowest BCUT2D eigenvalue weighted by Gasteiger charge is -2.20. The number of rotatable bonds is 8. The first-order chi connectivity index (χ1) is 14.1. The summed E-state index contributed by atoms with van der Waals surface area (Å²) in [5.74, 6) is 0.865. The number of fused-ring (bicyclic) bond motifs is 1. The van der Waals surface area contributed by atoms with Crippen LogP contribution in [-0.2, 0) is 23.1 Å². The number of aromatic nitrogens is 1. The largest absolute Gasteiger partial charge is 0.478 e. The van der Waals surface area contributed by atoms with Gasteiger partial charge in [0.1, 0.15) is 11.3 Å². The topological polar surface area (TPSA) is 72.6 Å². The molecule has 3 rings (SSSR count). The van der Waals surface area contributed by atoms with Crippen molar-refractivity contribution in [2.75, 3.05) is 0 Å². The van der Waals surface area contributed by atoms with Gasteiger partial charge in [-0.1, -0.05) is 52.8 Å². The van der Waals surface area contributed by atoms with E-state index in [4.69, 9.17) is 9.15 Å². The normalized spacial score (nSPS) is 13.0. The summed E-state index contributed by atoms with van der Waals surface area (Å²) in [5.41, 5.74) is 3.54. The predicted octanol–water partition coefficient (Wildman–Crippen LogP) is 5.79. The second-order valence-electron chi connectivity index (χ2n) is 9.27. The molecule has 0 aliphatic carbocycles. The molecule has 0 radical (unpaired) electrons. The molecule has 0 spiro atoms. The Kier molecular flexibility index (Phi) is 6.49. The lowest BCUT2D eigenvalue weighted by atomic mass is 9.87. The first-order valence-corrected chi connectivity index (χ1v) is 10.5. The van der Waals surface area contributed by atoms with E-state index in [1.54, 1.807) is 0 Å². The number of aryl methyl sites for hydroxylation is 1. The van der Waals surface area contributed by atoms with Crippen LogP contribution in [0.5, 0.6) is 5.75 Å². The molecule has 0 unspecified atom stereocenters. The van der Waals surface area contributed by atoms with Gasteiger partial charge in [0.25, 0.3) is 0 Å². The fourth-order valence-electron chi connectivity index (χ4n) is 3.26. The van der Waals surface area contributed by atoms with E-state index in [0.717, 1.165) is 35.4 Å². The number of carboxylic acid groups (broad SMARTS) is 1. The molecule has 0 bridgehead atoms. The van der Waals surface area contributed by atoms with Gasteiger partial charge >= 0.3 is 5.97 Å². The van der Waals surface area contributed by atoms with Crippen molar-refractivity contribution < 1.29 is 19.1 Å². The maximum absolute atomic E-state index is 11.8. The highest BCUT2D eigenvalue weighted by Crippen LogP contribution is 2.25. The maximum atomic E-state index is 11.8. The fraction of sp³-hybridized carbons (Fsp3) is 0.440. The molecular formula is C25H31NO4. The van der Waals surface area contributed by atoms with Gasteiger partial charge in [-0.25, -0.2) is 9.78 Å². The second-order valence-corrected chi connectivity index (χ2v) is 9.27. The molecule has 3 aromatic rings. The first kappa shape index (κ1) is 21.9. The number of hydrogen-bond donors (Lipinski definition) is 1. The van der Waals surface area contributed by atoms with E-state index in [9.17, 15) is 9.90 Å². The van der Waals surface area contributed by atoms with Crippen molar-refractivity contribution in [3.05, 3.63) is 59.5 Å². The van der Waals surface area contributed by atoms with E-state index in [1.165, 1.54) is 5.56 Å². The fourth-order valence-corrected chi connectivity index (χ4v) is 3.26. The minimum absolute atomic E-state index is 0.0335. The lowest BCUT2D eigenvalue weighted by molar-refractivity contribution is -0.145. The standard InChI is InChI=1S/C25H31NO4/c1-16(2)6-13-23-26-20-14-17(7-12-21(20)30-23)15-22(24(27)28)29-19-10-8-18(9-11-19)25(3,4)5/h7-12,14,16,22H,6,13,15H2,1-5H3,(H,27,28)/t22-/m0/s1. The monoisotopic (exact) mass is 409 g/mol. The van der Waals surface area contributed by atoms with Gasteiger partial charge in [-0.2, -0.15) is 0 Å². The number of nitrogens with zero attached hydrogens (tertiary/aromatic N) is 1. The zero-order chi connectivity index (χ0) is 21.9. The molecule has 2 aromatic carbocycles. The molecule has 0 saturated carbocycles. The summed E-state index contributed by atoms with van der Waals surface area (Å²) in [4.78, 5) is 16.4. The minimum atomic E-state index is -0.993. The van der Waals surface area contributed by atoms with E-state index >= 15 is 0 Å². The van der Waals surface area contributed by atoms with Gasteiger partial charge in [0.05, 0.1) is 0 Å². The Hall–Kier alpha value is -2.82. The molecule has 1 aromatic heterocycles. The SMILES string of the molecule is CC(C)CCc1nc2cc(C[C@H](Oc3ccc(C(C)(C)C)cc3)C(=O)O)ccc2o1. The molecule has 5 heteroatoms. The van der Waals surface area contributed by atoms with Crippen LogP contribution in [0, 0.1) is 5.92 Å². The van der Waals surface area contributed by atoms with Crippen LogP contribution in [0.4, 0.5) is 0 Å². The van der Waals surface area contributed by atoms with Gasteiger partial charge in [-0.3, -0.25) is 0 Å². The van der Waals surface area contributed by atoms with Crippen molar-refractivity contribution >= 4 is 17.1 Å². The Balaban J connectivity index is 1.72. The number of oxazole rings is 1. The molecule has 0 fully saturated rings. The van der Waals surface area contributed by atoms with Gasteiger partial charge in [0.15, 0.2) is 17.6 Å². The Morgan fingerprint density at radius 3 is 2.43 bits per heavy atom. The lowest BCUT2D eigenvalue weighted by Crippen LogP contribution is -2.29. The molecule has 0 amide bonds. The van der Waals surface area contributed by atoms with Crippen LogP contribution in [0.1, 0.15) is 58.1 Å². The average Bonchev–Trinajstić information content (AvgIpc) is 3.07. The molecule has 1 N–H and O–H groups in total. The third-order valence-corrected chi connectivity index (χ3v) is 5.13. The van der Waals surface area contributed by atoms with E-state index in [0.29, 0.717) is 11.7 Å². The van der Waals surface area contributed by atoms with Crippen LogP contribution < -0.4 is 4.74 Å². The quantitative estimate of drug-likeness (QED) is 0.510. The van der Waals surface area contributed by atoms with Crippen molar-refractivity contribution in [3.63, 3.8) is 0 Å². The van der Waals surface area contributed by atoms with E-state index < -0.39 is 12.1 Å². The molecule has 5 nitrogen and oxygen atoms in total. The first-order valence-electron chi connectivity index (χ1n) is 10.5. The number of carbonyl (C=O) groups is 1. The summed E-state index contributed by atoms with van der Waals surface area (Å²) in [6.07, 6.45) is 1.09. The zero-order valence-corrected chi connectivity index (χ0v) is 18.4. The van der Waals surface area contributed by atoms with Crippen LogP contribution in [0.25, 0.3) is 11.1 Å². The number of ether oxygens (including phenoxy) is 1. The predicted molar refractivity (Wildman–Crippen MR) is 118 cm³/mol. The van der Waals surface area contributed by atoms with Crippen molar-refractivity contribution in [1.82, 2.24) is 4.98 Å². The molecule has 0 saturated heterocycles. The summed E-state index contributed by atoms with van der Waals surface area (Å²) in [6.45, 7) is 10.7. The molecule has 0 aliphatic rings. The number of carboxylic acids is 1. The zero-order valence-electron chi connectivity index (χ0n) is 18.4. The average molecular weight is 410 g/mol. The van der Waals surface area contributed by atoms with Crippen molar-refractivity contribution in [2.24, 2.45) is 5.92 Å². The number of hydrogen-bond acceptors (Lipinski definition) is 4. The molecular weight excluding hydrogens is 378 g/mol. The third kappa shape index (κ3) is 5.62. The highest BCUT2D eigenvalue weighted by atomic mass is 16.5. The minimum Gasteiger partial charge on any atom is -0.478 e. The van der Waals surface area contributed by atoms with E-state index in [1.807, 2.05) is 42.5 Å². The van der Waals surface area contributed by atoms with Crippen LogP contribution >= 0.6 is 0 Å². The second kappa shape index (κ2) is 8.90. The van der Waals surface area contributed by atoms with Crippen LogP contribution in [0.2, 0.25) is 0 Å². The Bertz CT molecular complexity index is 996. The summed E-state index contributed by atoms with van der Waals surface area (Å²) in [5, 5.41) is 9.66. The molecule has 0 aliphatic heterocycles. The maximum Gasteiger partial charge on any atom is 0.345 e. The van der Waals surface area contributed by atoms with Gasteiger partial charge in [-0.15, -0.1) is 0 Å². The van der Waals surface area contributed by atoms with Gasteiger partial charge < -0.3 is 14.3 Å². The van der Waals surface area contributed by atoms with Crippen molar-refractivity contribution in [2.45, 2.75) is 65.4 Å². The molecule has 160 valence electrons. The van der Waals surface area contributed by atoms with Crippen molar-refractivity contribution in [1.29, 1.82) is 0 Å². The van der Waals surface area contributed by atoms with Gasteiger partial charge in [0.2, 0.25) is 0 Å². The van der Waals surface area contributed by atoms with Gasteiger partial charge in [0, 0.05) is 12.8 Å². The smallest absolute Gasteiger partial charge is 0.345 e. The van der Waals surface area contributed by atoms with Gasteiger partial charge in [-0.05, 0) is 53.1 Å². The van der Waals surface area contributed by atoms with E-state index in [2.05, 4.69) is 39.6 Å². The Morgan fingerprint density at radius 1 is 1.13 bits per heavy atom. The van der Waals surface area contributed by atoms with Crippen LogP contribution in [0.15, 0.2) is 46.9 Å². The summed E-state index contributed by atoms with van der Waals surface area (Å²) >= 11 is 0. The molecule has 1 atom stereocenters. The molecule has 1 heterocycles. The summed E-state index contributed by atoms with van der Waals surface area (Å²) < 4.78 is 11.6. The Labute approximate surface area is 178 Å². The number of benzene rings is 2. The van der Waals surface area contributed by atoms with Crippen LogP contribution in [-0.4, -0.2) is 22.2 Å². The van der Waals surface area contributed by atoms with Crippen molar-refractivity contribution in [3.8, 4) is 5.75 Å². The summed E-state index contributed by atoms with van der Waals surface area (Å²) in [6, 6.07) is 13.2. The highest BCUT2D eigenvalue weighted by molar-refractivity contribution is 5.75. The number of aliphatic carboxylic acids is 1. The highest BCUT2D eigenvalue weighted by Gasteiger charge is 2.21. The van der Waals surface area contributed by atoms with E-state index in [-0.39, 0.29) is 11.8 Å². The van der Waals surface area contributed by atoms with Crippen LogP contribution in [0.3, 0.4) is 0 Å². The third-order valence-electron chi connectivity index (χ3n) is 5.13. The summed E-state index contributed by atoms with van der Waals surface area (Å²) in [7, 11) is 0. The molecule has 30 heavy (non-hydrogen) atoms.